The number of rotatable bonds is 7. The zero-order valence-electron chi connectivity index (χ0n) is 19.5. The molecule has 0 fully saturated rings. The molecule has 3 aromatic rings. The van der Waals surface area contributed by atoms with Crippen molar-refractivity contribution >= 4 is 32.8 Å². The minimum atomic E-state index is -0.657. The fourth-order valence-corrected chi connectivity index (χ4v) is 5.33. The van der Waals surface area contributed by atoms with E-state index in [1.807, 2.05) is 40.0 Å². The number of halogens is 1. The molecule has 0 aliphatic carbocycles. The molecule has 170 valence electrons. The maximum absolute atomic E-state index is 12.8. The van der Waals surface area contributed by atoms with E-state index < -0.39 is 5.41 Å². The topological polar surface area (TPSA) is 53.4 Å². The molecule has 0 spiro atoms. The summed E-state index contributed by atoms with van der Waals surface area (Å²) in [5.41, 5.74) is 6.24. The first-order valence-corrected chi connectivity index (χ1v) is 12.1. The third-order valence-electron chi connectivity index (χ3n) is 6.41. The van der Waals surface area contributed by atoms with Crippen molar-refractivity contribution in [3.8, 4) is 11.3 Å². The number of hydrogen-bond donors (Lipinski definition) is 0. The average Bonchev–Trinajstić information content (AvgIpc) is 3.07. The number of aryl methyl sites for hydroxylation is 2. The first-order chi connectivity index (χ1) is 15.3. The molecule has 32 heavy (non-hydrogen) atoms. The molecule has 5 nitrogen and oxygen atoms in total. The Balaban J connectivity index is 2.03. The number of pyridine rings is 1. The standard InChI is InChI=1S/C26H31BrN2O3/c1-6-32-25(30)26(3,4)15-21-20-14-18(27)13-17-9-8-12-29(23(17)20)24(21)19-10-7-11-28-22(19)16(2)31-5/h7,10-11,13-14,16H,6,8-9,12,15H2,1-5H3/t16-/m0/s1. The summed E-state index contributed by atoms with van der Waals surface area (Å²) < 4.78 is 14.6. The van der Waals surface area contributed by atoms with Gasteiger partial charge in [-0.3, -0.25) is 9.78 Å². The number of aromatic nitrogens is 2. The fourth-order valence-electron chi connectivity index (χ4n) is 4.83. The van der Waals surface area contributed by atoms with Gasteiger partial charge < -0.3 is 14.0 Å². The van der Waals surface area contributed by atoms with Crippen molar-refractivity contribution in [3.05, 3.63) is 51.8 Å². The second-order valence-electron chi connectivity index (χ2n) is 9.14. The molecule has 0 saturated heterocycles. The molecule has 4 rings (SSSR count). The maximum Gasteiger partial charge on any atom is 0.311 e. The molecule has 0 amide bonds. The third-order valence-corrected chi connectivity index (χ3v) is 6.87. The summed E-state index contributed by atoms with van der Waals surface area (Å²) in [6.07, 6.45) is 4.39. The van der Waals surface area contributed by atoms with Gasteiger partial charge in [0.15, 0.2) is 0 Å². The molecule has 6 heteroatoms. The lowest BCUT2D eigenvalue weighted by Gasteiger charge is -2.24. The van der Waals surface area contributed by atoms with Crippen LogP contribution in [0.2, 0.25) is 0 Å². The smallest absolute Gasteiger partial charge is 0.311 e. The van der Waals surface area contributed by atoms with Gasteiger partial charge in [0.2, 0.25) is 0 Å². The Bertz CT molecular complexity index is 1170. The van der Waals surface area contributed by atoms with Crippen LogP contribution in [-0.4, -0.2) is 29.2 Å². The second kappa shape index (κ2) is 8.99. The second-order valence-corrected chi connectivity index (χ2v) is 10.1. The molecule has 3 heterocycles. The Morgan fingerprint density at radius 2 is 2.12 bits per heavy atom. The van der Waals surface area contributed by atoms with Crippen LogP contribution in [0.3, 0.4) is 0 Å². The lowest BCUT2D eigenvalue weighted by Crippen LogP contribution is -2.29. The predicted octanol–water partition coefficient (Wildman–Crippen LogP) is 6.25. The van der Waals surface area contributed by atoms with Gasteiger partial charge in [-0.15, -0.1) is 0 Å². The first-order valence-electron chi connectivity index (χ1n) is 11.3. The van der Waals surface area contributed by atoms with E-state index in [9.17, 15) is 4.79 Å². The summed E-state index contributed by atoms with van der Waals surface area (Å²) in [5.74, 6) is -0.173. The number of carbonyl (C=O) groups excluding carboxylic acids is 1. The molecule has 0 radical (unpaired) electrons. The molecule has 1 aliphatic heterocycles. The average molecular weight is 499 g/mol. The number of nitrogens with zero attached hydrogens (tertiary/aromatic N) is 2. The van der Waals surface area contributed by atoms with Crippen LogP contribution in [0, 0.1) is 5.41 Å². The minimum absolute atomic E-state index is 0.141. The van der Waals surface area contributed by atoms with E-state index in [2.05, 4.69) is 38.7 Å². The Morgan fingerprint density at radius 1 is 1.34 bits per heavy atom. The fraction of sp³-hybridized carbons (Fsp3) is 0.462. The van der Waals surface area contributed by atoms with Crippen LogP contribution in [-0.2, 0) is 33.7 Å². The van der Waals surface area contributed by atoms with E-state index in [-0.39, 0.29) is 12.1 Å². The Hall–Kier alpha value is -2.18. The first kappa shape index (κ1) is 23.0. The highest BCUT2D eigenvalue weighted by atomic mass is 79.9. The predicted molar refractivity (Wildman–Crippen MR) is 131 cm³/mol. The lowest BCUT2D eigenvalue weighted by atomic mass is 9.83. The normalized spacial score (nSPS) is 14.6. The highest BCUT2D eigenvalue weighted by molar-refractivity contribution is 9.10. The van der Waals surface area contributed by atoms with Crippen molar-refractivity contribution in [2.45, 2.75) is 59.6 Å². The van der Waals surface area contributed by atoms with Gasteiger partial charge in [0.05, 0.1) is 35.0 Å². The Kier molecular flexibility index (Phi) is 6.46. The summed E-state index contributed by atoms with van der Waals surface area (Å²) in [5, 5.41) is 1.20. The molecular formula is C26H31BrN2O3. The van der Waals surface area contributed by atoms with Crippen molar-refractivity contribution in [2.75, 3.05) is 13.7 Å². The Morgan fingerprint density at radius 3 is 2.84 bits per heavy atom. The Labute approximate surface area is 198 Å². The van der Waals surface area contributed by atoms with Crippen molar-refractivity contribution in [2.24, 2.45) is 5.41 Å². The van der Waals surface area contributed by atoms with Crippen LogP contribution in [0.5, 0.6) is 0 Å². The van der Waals surface area contributed by atoms with Crippen molar-refractivity contribution in [1.82, 2.24) is 9.55 Å². The van der Waals surface area contributed by atoms with E-state index in [1.165, 1.54) is 22.0 Å². The largest absolute Gasteiger partial charge is 0.466 e. The van der Waals surface area contributed by atoms with Crippen molar-refractivity contribution in [1.29, 1.82) is 0 Å². The monoisotopic (exact) mass is 498 g/mol. The summed E-state index contributed by atoms with van der Waals surface area (Å²) >= 11 is 3.72. The van der Waals surface area contributed by atoms with E-state index >= 15 is 0 Å². The van der Waals surface area contributed by atoms with Crippen LogP contribution in [0.1, 0.15) is 57.0 Å². The zero-order chi connectivity index (χ0) is 23.0. The van der Waals surface area contributed by atoms with Crippen LogP contribution in [0.25, 0.3) is 22.2 Å². The molecule has 0 saturated carbocycles. The molecule has 0 N–H and O–H groups in total. The van der Waals surface area contributed by atoms with Crippen LogP contribution >= 0.6 is 15.9 Å². The molecule has 1 aromatic carbocycles. The molecule has 1 aliphatic rings. The van der Waals surface area contributed by atoms with Gasteiger partial charge in [-0.05, 0) is 82.3 Å². The summed E-state index contributed by atoms with van der Waals surface area (Å²) in [6.45, 7) is 9.14. The van der Waals surface area contributed by atoms with E-state index in [1.54, 1.807) is 7.11 Å². The van der Waals surface area contributed by atoms with E-state index in [0.29, 0.717) is 13.0 Å². The number of ether oxygens (including phenoxy) is 2. The van der Waals surface area contributed by atoms with Crippen molar-refractivity contribution in [3.63, 3.8) is 0 Å². The molecule has 0 unspecified atom stereocenters. The third kappa shape index (κ3) is 3.99. The molecule has 2 aromatic heterocycles. The summed E-state index contributed by atoms with van der Waals surface area (Å²) in [4.78, 5) is 17.5. The van der Waals surface area contributed by atoms with Gasteiger partial charge in [0.1, 0.15) is 0 Å². The van der Waals surface area contributed by atoms with Gasteiger partial charge >= 0.3 is 5.97 Å². The van der Waals surface area contributed by atoms with Crippen LogP contribution < -0.4 is 0 Å². The van der Waals surface area contributed by atoms with Gasteiger partial charge in [-0.2, -0.15) is 0 Å². The lowest BCUT2D eigenvalue weighted by molar-refractivity contribution is -0.153. The molecule has 1 atom stereocenters. The summed E-state index contributed by atoms with van der Waals surface area (Å²) in [6, 6.07) is 8.52. The van der Waals surface area contributed by atoms with Gasteiger partial charge in [-0.25, -0.2) is 0 Å². The minimum Gasteiger partial charge on any atom is -0.466 e. The zero-order valence-corrected chi connectivity index (χ0v) is 21.1. The number of carbonyl (C=O) groups is 1. The van der Waals surface area contributed by atoms with Gasteiger partial charge in [-0.1, -0.05) is 15.9 Å². The molecular weight excluding hydrogens is 468 g/mol. The maximum atomic E-state index is 12.8. The van der Waals surface area contributed by atoms with E-state index in [0.717, 1.165) is 40.8 Å². The number of methoxy groups -OCH3 is 1. The van der Waals surface area contributed by atoms with Crippen LogP contribution in [0.4, 0.5) is 0 Å². The number of benzene rings is 1. The summed E-state index contributed by atoms with van der Waals surface area (Å²) in [7, 11) is 1.71. The number of esters is 1. The highest BCUT2D eigenvalue weighted by Crippen LogP contribution is 2.44. The SMILES string of the molecule is CCOC(=O)C(C)(C)Cc1c(-c2cccnc2[C@H](C)OC)n2c3c(cc(Br)cc13)CCC2. The highest BCUT2D eigenvalue weighted by Gasteiger charge is 2.34. The van der Waals surface area contributed by atoms with E-state index in [4.69, 9.17) is 14.5 Å². The molecule has 0 bridgehead atoms. The van der Waals surface area contributed by atoms with Gasteiger partial charge in [0.25, 0.3) is 0 Å². The van der Waals surface area contributed by atoms with Gasteiger partial charge in [0, 0.05) is 35.3 Å². The number of hydrogen-bond acceptors (Lipinski definition) is 4. The quantitative estimate of drug-likeness (QED) is 0.361. The van der Waals surface area contributed by atoms with Crippen LogP contribution in [0.15, 0.2) is 34.9 Å². The van der Waals surface area contributed by atoms with Crippen molar-refractivity contribution < 1.29 is 14.3 Å².